The molecule has 12 heavy (non-hydrogen) atoms. The van der Waals surface area contributed by atoms with Gasteiger partial charge in [-0.1, -0.05) is 13.8 Å². The molecule has 0 aliphatic carbocycles. The Morgan fingerprint density at radius 3 is 1.92 bits per heavy atom. The van der Waals surface area contributed by atoms with Crippen LogP contribution < -0.4 is 0 Å². The van der Waals surface area contributed by atoms with Crippen LogP contribution in [0.15, 0.2) is 0 Å². The third-order valence-electron chi connectivity index (χ3n) is 0.756. The summed E-state index contributed by atoms with van der Waals surface area (Å²) in [6.45, 7) is 4.33. The third kappa shape index (κ3) is 22.4. The predicted octanol–water partition coefficient (Wildman–Crippen LogP) is 2.72. The molecule has 3 heteroatoms. The Bertz CT molecular complexity index is 99.9. The minimum atomic E-state index is -0.450. The average Bonchev–Trinajstić information content (AvgIpc) is 1.99. The first-order chi connectivity index (χ1) is 5.54. The van der Waals surface area contributed by atoms with E-state index in [1.54, 1.807) is 6.92 Å². The van der Waals surface area contributed by atoms with Gasteiger partial charge in [0.1, 0.15) is 0 Å². The second-order valence-corrected chi connectivity index (χ2v) is 10.6. The van der Waals surface area contributed by atoms with Crippen LogP contribution in [-0.4, -0.2) is 32.8 Å². The van der Waals surface area contributed by atoms with Gasteiger partial charge in [0, 0.05) is 6.42 Å². The van der Waals surface area contributed by atoms with E-state index < -0.39 is 20.2 Å². The molecule has 74 valence electrons. The molecule has 0 spiro atoms. The predicted molar refractivity (Wildman–Crippen MR) is 54.9 cm³/mol. The molecule has 0 heterocycles. The van der Waals surface area contributed by atoms with Crippen molar-refractivity contribution < 1.29 is 9.53 Å². The third-order valence-corrected chi connectivity index (χ3v) is 0.756. The van der Waals surface area contributed by atoms with Crippen LogP contribution in [0.1, 0.15) is 26.7 Å². The van der Waals surface area contributed by atoms with E-state index in [-0.39, 0.29) is 5.97 Å². The summed E-state index contributed by atoms with van der Waals surface area (Å²) in [4.78, 5) is 17.4. The Morgan fingerprint density at radius 2 is 1.67 bits per heavy atom. The van der Waals surface area contributed by atoms with Crippen molar-refractivity contribution in [2.45, 2.75) is 41.3 Å². The molecule has 0 saturated carbocycles. The van der Waals surface area contributed by atoms with Gasteiger partial charge < -0.3 is 4.74 Å². The number of ether oxygens (including phenoxy) is 1. The molecular weight excluding hydrogens is 262 g/mol. The van der Waals surface area contributed by atoms with Crippen LogP contribution in [0, 0.1) is 0 Å². The summed E-state index contributed by atoms with van der Waals surface area (Å²) >= 11 is -0.450. The van der Waals surface area contributed by atoms with Crippen molar-refractivity contribution in [3.8, 4) is 0 Å². The molecule has 2 nitrogen and oxygen atoms in total. The summed E-state index contributed by atoms with van der Waals surface area (Å²) in [5, 5.41) is 0. The molecule has 0 N–H and O–H groups in total. The summed E-state index contributed by atoms with van der Waals surface area (Å²) in [7, 11) is 0. The van der Waals surface area contributed by atoms with Crippen molar-refractivity contribution in [2.24, 2.45) is 0 Å². The van der Waals surface area contributed by atoms with Crippen molar-refractivity contribution in [3.63, 3.8) is 0 Å². The van der Waals surface area contributed by atoms with Gasteiger partial charge in [-0.3, -0.25) is 4.79 Å². The molecular formula is C9H21O2Sb. The van der Waals surface area contributed by atoms with E-state index in [1.165, 1.54) is 0 Å². The van der Waals surface area contributed by atoms with E-state index in [2.05, 4.69) is 14.6 Å². The van der Waals surface area contributed by atoms with Gasteiger partial charge in [-0.05, 0) is 6.42 Å². The van der Waals surface area contributed by atoms with Crippen LogP contribution in [0.3, 0.4) is 0 Å². The summed E-state index contributed by atoms with van der Waals surface area (Å²) in [6, 6.07) is 0. The second-order valence-electron chi connectivity index (χ2n) is 2.92. The van der Waals surface area contributed by atoms with Gasteiger partial charge in [0.2, 0.25) is 0 Å². The van der Waals surface area contributed by atoms with Crippen LogP contribution >= 0.6 is 0 Å². The van der Waals surface area contributed by atoms with E-state index >= 15 is 0 Å². The maximum absolute atomic E-state index is 10.3. The average molecular weight is 283 g/mol. The fourth-order valence-electron chi connectivity index (χ4n) is 0.318. The molecule has 0 aromatic carbocycles. The minimum absolute atomic E-state index is 0.105. The van der Waals surface area contributed by atoms with Crippen molar-refractivity contribution in [3.05, 3.63) is 0 Å². The Morgan fingerprint density at radius 1 is 1.25 bits per heavy atom. The molecule has 0 aromatic heterocycles. The summed E-state index contributed by atoms with van der Waals surface area (Å²) < 4.78 is 4.70. The van der Waals surface area contributed by atoms with E-state index in [9.17, 15) is 4.79 Å². The van der Waals surface area contributed by atoms with Crippen LogP contribution in [0.2, 0.25) is 14.6 Å². The number of carbonyl (C=O) groups excluding carboxylic acids is 1. The molecule has 0 amide bonds. The first-order valence-corrected chi connectivity index (χ1v) is 12.0. The SMILES string of the molecule is CCCOC(=O)CC.[CH3][Sb]([CH3])[CH3]. The standard InChI is InChI=1S/C6H12O2.3CH3.Sb/c1-3-5-8-6(7)4-2;;;;/h3-5H2,1-2H3;3*1H3;. The summed E-state index contributed by atoms with van der Waals surface area (Å²) in [5.74, 6) is -0.105. The maximum atomic E-state index is 10.3. The first-order valence-electron chi connectivity index (χ1n) is 4.31. The van der Waals surface area contributed by atoms with Crippen molar-refractivity contribution in [1.29, 1.82) is 0 Å². The fourth-order valence-corrected chi connectivity index (χ4v) is 0.318. The molecule has 0 saturated heterocycles. The Labute approximate surface area is 83.6 Å². The topological polar surface area (TPSA) is 26.3 Å². The molecule has 0 aromatic rings. The number of carbonyl (C=O) groups is 1. The summed E-state index contributed by atoms with van der Waals surface area (Å²) in [5.41, 5.74) is 0. The Kier molecular flexibility index (Phi) is 13.9. The fraction of sp³-hybridized carbons (Fsp3) is 0.889. The number of rotatable bonds is 3. The second kappa shape index (κ2) is 11.3. The number of esters is 1. The quantitative estimate of drug-likeness (QED) is 0.588. The van der Waals surface area contributed by atoms with Gasteiger partial charge >= 0.3 is 40.8 Å². The van der Waals surface area contributed by atoms with E-state index in [1.807, 2.05) is 6.92 Å². The normalized spacial score (nSPS) is 8.83. The zero-order valence-electron chi connectivity index (χ0n) is 8.89. The molecule has 0 atom stereocenters. The number of hydrogen-bond acceptors (Lipinski definition) is 2. The molecule has 0 unspecified atom stereocenters. The van der Waals surface area contributed by atoms with E-state index in [0.717, 1.165) is 6.42 Å². The zero-order chi connectivity index (χ0) is 9.98. The molecule has 0 fully saturated rings. The molecule has 0 bridgehead atoms. The van der Waals surface area contributed by atoms with Gasteiger partial charge in [0.25, 0.3) is 0 Å². The van der Waals surface area contributed by atoms with E-state index in [4.69, 9.17) is 4.74 Å². The van der Waals surface area contributed by atoms with Gasteiger partial charge in [0.05, 0.1) is 6.61 Å². The van der Waals surface area contributed by atoms with Gasteiger partial charge in [0.15, 0.2) is 0 Å². The van der Waals surface area contributed by atoms with Crippen molar-refractivity contribution >= 4 is 26.2 Å². The molecule has 0 aliphatic heterocycles. The van der Waals surface area contributed by atoms with Crippen LogP contribution in [0.4, 0.5) is 0 Å². The molecule has 0 aliphatic rings. The van der Waals surface area contributed by atoms with Crippen LogP contribution in [0.5, 0.6) is 0 Å². The van der Waals surface area contributed by atoms with Gasteiger partial charge in [-0.2, -0.15) is 0 Å². The number of hydrogen-bond donors (Lipinski definition) is 0. The summed E-state index contributed by atoms with van der Waals surface area (Å²) in [6.07, 6.45) is 1.39. The van der Waals surface area contributed by atoms with E-state index in [0.29, 0.717) is 13.0 Å². The molecule has 0 radical (unpaired) electrons. The zero-order valence-corrected chi connectivity index (χ0v) is 11.4. The Hall–Kier alpha value is 0.288. The van der Waals surface area contributed by atoms with Gasteiger partial charge in [-0.15, -0.1) is 0 Å². The van der Waals surface area contributed by atoms with Crippen LogP contribution in [-0.2, 0) is 9.53 Å². The first kappa shape index (κ1) is 14.8. The van der Waals surface area contributed by atoms with Crippen molar-refractivity contribution in [2.75, 3.05) is 6.61 Å². The van der Waals surface area contributed by atoms with Gasteiger partial charge in [-0.25, -0.2) is 0 Å². The Balaban J connectivity index is 0. The molecule has 0 rings (SSSR count). The monoisotopic (exact) mass is 282 g/mol. The van der Waals surface area contributed by atoms with Crippen molar-refractivity contribution in [1.82, 2.24) is 0 Å². The van der Waals surface area contributed by atoms with Crippen LogP contribution in [0.25, 0.3) is 0 Å².